The first-order chi connectivity index (χ1) is 8.16. The second-order valence-electron chi connectivity index (χ2n) is 3.81. The predicted octanol–water partition coefficient (Wildman–Crippen LogP) is 3.09. The highest BCUT2D eigenvalue weighted by molar-refractivity contribution is 7.17. The van der Waals surface area contributed by atoms with Gasteiger partial charge in [0.15, 0.2) is 10.9 Å². The monoisotopic (exact) mass is 266 g/mol. The molecule has 2 aromatic rings. The Kier molecular flexibility index (Phi) is 3.91. The first-order valence-corrected chi connectivity index (χ1v) is 7.06. The molecule has 0 aromatic carbocycles. The van der Waals surface area contributed by atoms with E-state index < -0.39 is 0 Å². The number of anilines is 1. The quantitative estimate of drug-likeness (QED) is 0.780. The standard InChI is InChI=1S/C12H14N2OS2/c1-9(15)11-8-13-12(17-11)14(2)6-5-10-4-3-7-16-10/h3-4,7-8H,5-6H2,1-2H3. The fourth-order valence-corrected chi connectivity index (χ4v) is 2.93. The van der Waals surface area contributed by atoms with Crippen molar-refractivity contribution in [1.29, 1.82) is 0 Å². The smallest absolute Gasteiger partial charge is 0.185 e. The summed E-state index contributed by atoms with van der Waals surface area (Å²) < 4.78 is 0. The first-order valence-electron chi connectivity index (χ1n) is 5.37. The summed E-state index contributed by atoms with van der Waals surface area (Å²) in [6, 6.07) is 4.21. The number of hydrogen-bond acceptors (Lipinski definition) is 5. The van der Waals surface area contributed by atoms with Crippen molar-refractivity contribution < 1.29 is 4.79 Å². The molecule has 0 unspecified atom stereocenters. The van der Waals surface area contributed by atoms with Crippen molar-refractivity contribution in [3.05, 3.63) is 33.5 Å². The Bertz CT molecular complexity index is 490. The van der Waals surface area contributed by atoms with Crippen LogP contribution in [0.1, 0.15) is 21.5 Å². The molecule has 0 fully saturated rings. The molecule has 0 aliphatic rings. The lowest BCUT2D eigenvalue weighted by molar-refractivity contribution is 0.102. The Morgan fingerprint density at radius 3 is 2.94 bits per heavy atom. The van der Waals surface area contributed by atoms with Crippen molar-refractivity contribution in [1.82, 2.24) is 4.98 Å². The Balaban J connectivity index is 1.94. The molecule has 0 N–H and O–H groups in total. The normalized spacial score (nSPS) is 10.5. The van der Waals surface area contributed by atoms with Gasteiger partial charge in [-0.1, -0.05) is 17.4 Å². The summed E-state index contributed by atoms with van der Waals surface area (Å²) in [6.45, 7) is 2.49. The van der Waals surface area contributed by atoms with Crippen LogP contribution in [-0.2, 0) is 6.42 Å². The SMILES string of the molecule is CC(=O)c1cnc(N(C)CCc2cccs2)s1. The van der Waals surface area contributed by atoms with Crippen molar-refractivity contribution in [3.8, 4) is 0 Å². The predicted molar refractivity (Wildman–Crippen MR) is 73.4 cm³/mol. The van der Waals surface area contributed by atoms with E-state index in [2.05, 4.69) is 27.4 Å². The molecule has 0 aliphatic carbocycles. The fourth-order valence-electron chi connectivity index (χ4n) is 1.43. The van der Waals surface area contributed by atoms with Gasteiger partial charge in [0.25, 0.3) is 0 Å². The average Bonchev–Trinajstić information content (AvgIpc) is 2.96. The van der Waals surface area contributed by atoms with Gasteiger partial charge in [0.2, 0.25) is 0 Å². The van der Waals surface area contributed by atoms with E-state index in [9.17, 15) is 4.79 Å². The second kappa shape index (κ2) is 5.42. The molecule has 2 rings (SSSR count). The van der Waals surface area contributed by atoms with Gasteiger partial charge < -0.3 is 4.90 Å². The number of carbonyl (C=O) groups is 1. The van der Waals surface area contributed by atoms with Crippen LogP contribution in [0.25, 0.3) is 0 Å². The Labute approximate surface area is 109 Å². The minimum atomic E-state index is 0.0837. The zero-order valence-electron chi connectivity index (χ0n) is 9.84. The van der Waals surface area contributed by atoms with Gasteiger partial charge in [0.1, 0.15) is 0 Å². The molecular weight excluding hydrogens is 252 g/mol. The minimum absolute atomic E-state index is 0.0837. The number of thiophene rings is 1. The number of rotatable bonds is 5. The number of carbonyl (C=O) groups excluding carboxylic acids is 1. The zero-order chi connectivity index (χ0) is 12.3. The van der Waals surface area contributed by atoms with Crippen LogP contribution in [0.4, 0.5) is 5.13 Å². The molecule has 0 aliphatic heterocycles. The van der Waals surface area contributed by atoms with Gasteiger partial charge in [0.05, 0.1) is 11.1 Å². The molecule has 2 heterocycles. The molecule has 3 nitrogen and oxygen atoms in total. The largest absolute Gasteiger partial charge is 0.351 e. The third-order valence-electron chi connectivity index (χ3n) is 2.44. The van der Waals surface area contributed by atoms with Crippen LogP contribution < -0.4 is 4.90 Å². The number of aromatic nitrogens is 1. The molecule has 5 heteroatoms. The van der Waals surface area contributed by atoms with Gasteiger partial charge >= 0.3 is 0 Å². The van der Waals surface area contributed by atoms with E-state index in [0.29, 0.717) is 0 Å². The zero-order valence-corrected chi connectivity index (χ0v) is 11.5. The summed E-state index contributed by atoms with van der Waals surface area (Å²) in [7, 11) is 2.01. The summed E-state index contributed by atoms with van der Waals surface area (Å²) in [5.74, 6) is 0.0837. The highest BCUT2D eigenvalue weighted by atomic mass is 32.1. The Morgan fingerprint density at radius 1 is 1.53 bits per heavy atom. The van der Waals surface area contributed by atoms with Gasteiger partial charge in [-0.15, -0.1) is 11.3 Å². The molecule has 90 valence electrons. The molecule has 2 aromatic heterocycles. The Hall–Kier alpha value is -1.20. The number of thiazole rings is 1. The van der Waals surface area contributed by atoms with E-state index >= 15 is 0 Å². The van der Waals surface area contributed by atoms with Gasteiger partial charge in [-0.05, 0) is 17.9 Å². The number of likely N-dealkylation sites (N-methyl/N-ethyl adjacent to an activating group) is 1. The first kappa shape index (κ1) is 12.3. The minimum Gasteiger partial charge on any atom is -0.351 e. The average molecular weight is 266 g/mol. The van der Waals surface area contributed by atoms with Crippen LogP contribution in [0.5, 0.6) is 0 Å². The van der Waals surface area contributed by atoms with Gasteiger partial charge in [-0.3, -0.25) is 4.79 Å². The van der Waals surface area contributed by atoms with E-state index in [1.54, 1.807) is 24.5 Å². The molecule has 0 bridgehead atoms. The summed E-state index contributed by atoms with van der Waals surface area (Å²) >= 11 is 3.23. The van der Waals surface area contributed by atoms with Crippen LogP contribution in [-0.4, -0.2) is 24.4 Å². The molecule has 0 amide bonds. The van der Waals surface area contributed by atoms with Crippen LogP contribution in [0, 0.1) is 0 Å². The third-order valence-corrected chi connectivity index (χ3v) is 4.59. The van der Waals surface area contributed by atoms with E-state index in [1.807, 2.05) is 7.05 Å². The van der Waals surface area contributed by atoms with Crippen LogP contribution >= 0.6 is 22.7 Å². The van der Waals surface area contributed by atoms with E-state index in [0.717, 1.165) is 23.0 Å². The number of ketones is 1. The topological polar surface area (TPSA) is 33.2 Å². The lowest BCUT2D eigenvalue weighted by Crippen LogP contribution is -2.19. The highest BCUT2D eigenvalue weighted by Crippen LogP contribution is 2.22. The van der Waals surface area contributed by atoms with Gasteiger partial charge in [0, 0.05) is 25.4 Å². The summed E-state index contributed by atoms with van der Waals surface area (Å²) in [6.07, 6.45) is 2.67. The van der Waals surface area contributed by atoms with Crippen LogP contribution in [0.2, 0.25) is 0 Å². The molecular formula is C12H14N2OS2. The maximum atomic E-state index is 11.2. The van der Waals surface area contributed by atoms with Crippen LogP contribution in [0.15, 0.2) is 23.7 Å². The van der Waals surface area contributed by atoms with Crippen molar-refractivity contribution >= 4 is 33.6 Å². The third kappa shape index (κ3) is 3.14. The van der Waals surface area contributed by atoms with Crippen molar-refractivity contribution in [2.75, 3.05) is 18.5 Å². The lowest BCUT2D eigenvalue weighted by Gasteiger charge is -2.14. The number of hydrogen-bond donors (Lipinski definition) is 0. The lowest BCUT2D eigenvalue weighted by atomic mass is 10.3. The number of nitrogens with zero attached hydrogens (tertiary/aromatic N) is 2. The maximum absolute atomic E-state index is 11.2. The maximum Gasteiger partial charge on any atom is 0.185 e. The highest BCUT2D eigenvalue weighted by Gasteiger charge is 2.09. The molecule has 0 saturated heterocycles. The molecule has 0 atom stereocenters. The summed E-state index contributed by atoms with van der Waals surface area (Å²) in [4.78, 5) is 19.6. The van der Waals surface area contributed by atoms with Crippen molar-refractivity contribution in [3.63, 3.8) is 0 Å². The van der Waals surface area contributed by atoms with Crippen LogP contribution in [0.3, 0.4) is 0 Å². The molecule has 0 radical (unpaired) electrons. The van der Waals surface area contributed by atoms with Crippen molar-refractivity contribution in [2.45, 2.75) is 13.3 Å². The molecule has 0 saturated carbocycles. The second-order valence-corrected chi connectivity index (χ2v) is 5.86. The van der Waals surface area contributed by atoms with E-state index in [1.165, 1.54) is 16.2 Å². The van der Waals surface area contributed by atoms with Gasteiger partial charge in [-0.25, -0.2) is 4.98 Å². The van der Waals surface area contributed by atoms with Crippen molar-refractivity contribution in [2.24, 2.45) is 0 Å². The van der Waals surface area contributed by atoms with E-state index in [-0.39, 0.29) is 5.78 Å². The molecule has 17 heavy (non-hydrogen) atoms. The summed E-state index contributed by atoms with van der Waals surface area (Å²) in [5.41, 5.74) is 0. The molecule has 0 spiro atoms. The number of Topliss-reactive ketones (excluding diaryl/α,β-unsaturated/α-hetero) is 1. The fraction of sp³-hybridized carbons (Fsp3) is 0.333. The Morgan fingerprint density at radius 2 is 2.35 bits per heavy atom. The van der Waals surface area contributed by atoms with Gasteiger partial charge in [-0.2, -0.15) is 0 Å². The van der Waals surface area contributed by atoms with E-state index in [4.69, 9.17) is 0 Å². The summed E-state index contributed by atoms with van der Waals surface area (Å²) in [5, 5.41) is 3.00.